The maximum atomic E-state index is 5.18. The molecule has 0 saturated heterocycles. The highest BCUT2D eigenvalue weighted by molar-refractivity contribution is 5.42. The van der Waals surface area contributed by atoms with Crippen LogP contribution in [0.25, 0.3) is 0 Å². The van der Waals surface area contributed by atoms with Crippen molar-refractivity contribution in [2.45, 2.75) is 13.3 Å². The molecule has 0 aromatic carbocycles. The van der Waals surface area contributed by atoms with Gasteiger partial charge in [-0.05, 0) is 31.1 Å². The van der Waals surface area contributed by atoms with E-state index in [9.17, 15) is 0 Å². The lowest BCUT2D eigenvalue weighted by molar-refractivity contribution is 0.304. The van der Waals surface area contributed by atoms with E-state index in [1.807, 2.05) is 0 Å². The van der Waals surface area contributed by atoms with Gasteiger partial charge in [0.1, 0.15) is 5.76 Å². The third-order valence-electron chi connectivity index (χ3n) is 2.57. The lowest BCUT2D eigenvalue weighted by Gasteiger charge is -2.22. The molecule has 0 fully saturated rings. The van der Waals surface area contributed by atoms with Gasteiger partial charge in [-0.3, -0.25) is 0 Å². The van der Waals surface area contributed by atoms with Crippen molar-refractivity contribution in [2.24, 2.45) is 5.92 Å². The van der Waals surface area contributed by atoms with Gasteiger partial charge in [0.15, 0.2) is 0 Å². The van der Waals surface area contributed by atoms with E-state index in [1.165, 1.54) is 11.1 Å². The quantitative estimate of drug-likeness (QED) is 0.593. The lowest BCUT2D eigenvalue weighted by Crippen LogP contribution is -2.08. The minimum atomic E-state index is 0.573. The number of hydrogen-bond acceptors (Lipinski definition) is 1. The minimum absolute atomic E-state index is 0.573. The molecule has 0 spiro atoms. The zero-order valence-corrected chi connectivity index (χ0v) is 8.08. The molecule has 0 heterocycles. The Morgan fingerprint density at radius 1 is 1.38 bits per heavy atom. The van der Waals surface area contributed by atoms with Gasteiger partial charge in [0.25, 0.3) is 0 Å². The fourth-order valence-corrected chi connectivity index (χ4v) is 1.78. The molecule has 2 aliphatic rings. The van der Waals surface area contributed by atoms with E-state index in [1.54, 1.807) is 7.11 Å². The van der Waals surface area contributed by atoms with Crippen LogP contribution in [0.15, 0.2) is 47.3 Å². The smallest absolute Gasteiger partial charge is 0.118 e. The topological polar surface area (TPSA) is 9.23 Å². The second-order valence-electron chi connectivity index (χ2n) is 3.60. The van der Waals surface area contributed by atoms with Crippen molar-refractivity contribution in [1.82, 2.24) is 0 Å². The zero-order valence-electron chi connectivity index (χ0n) is 8.08. The SMILES string of the molecule is COC1=CC2=CC=C(C)CC2C=C1. The van der Waals surface area contributed by atoms with Crippen molar-refractivity contribution in [3.05, 3.63) is 47.3 Å². The first kappa shape index (κ1) is 8.36. The van der Waals surface area contributed by atoms with Crippen LogP contribution in [0, 0.1) is 5.92 Å². The van der Waals surface area contributed by atoms with Crippen molar-refractivity contribution in [3.63, 3.8) is 0 Å². The van der Waals surface area contributed by atoms with Gasteiger partial charge in [0.2, 0.25) is 0 Å². The second kappa shape index (κ2) is 3.25. The van der Waals surface area contributed by atoms with Crippen LogP contribution in [-0.2, 0) is 4.74 Å². The first-order chi connectivity index (χ1) is 6.29. The summed E-state index contributed by atoms with van der Waals surface area (Å²) in [5.74, 6) is 1.53. The van der Waals surface area contributed by atoms with Gasteiger partial charge in [0.05, 0.1) is 7.11 Å². The predicted octanol–water partition coefficient (Wildman–Crippen LogP) is 2.98. The molecule has 0 amide bonds. The molecule has 0 aliphatic heterocycles. The van der Waals surface area contributed by atoms with Crippen molar-refractivity contribution in [1.29, 1.82) is 0 Å². The molecule has 1 heteroatoms. The molecule has 0 aromatic rings. The van der Waals surface area contributed by atoms with E-state index in [-0.39, 0.29) is 0 Å². The minimum Gasteiger partial charge on any atom is -0.497 e. The number of methoxy groups -OCH3 is 1. The van der Waals surface area contributed by atoms with Gasteiger partial charge >= 0.3 is 0 Å². The molecule has 68 valence electrons. The van der Waals surface area contributed by atoms with Gasteiger partial charge in [-0.1, -0.05) is 23.8 Å². The first-order valence-corrected chi connectivity index (χ1v) is 4.61. The van der Waals surface area contributed by atoms with Crippen LogP contribution in [0.1, 0.15) is 13.3 Å². The van der Waals surface area contributed by atoms with E-state index in [0.717, 1.165) is 12.2 Å². The standard InChI is InChI=1S/C12H14O/c1-9-3-4-11-8-12(13-2)6-5-10(11)7-9/h3-6,8,10H,7H2,1-2H3. The molecule has 0 bridgehead atoms. The highest BCUT2D eigenvalue weighted by Gasteiger charge is 2.16. The lowest BCUT2D eigenvalue weighted by atomic mass is 9.85. The molecule has 1 atom stereocenters. The number of rotatable bonds is 1. The second-order valence-corrected chi connectivity index (χ2v) is 3.60. The Morgan fingerprint density at radius 2 is 2.23 bits per heavy atom. The third-order valence-corrected chi connectivity index (χ3v) is 2.57. The highest BCUT2D eigenvalue weighted by atomic mass is 16.5. The van der Waals surface area contributed by atoms with Crippen molar-refractivity contribution in [2.75, 3.05) is 7.11 Å². The monoisotopic (exact) mass is 174 g/mol. The van der Waals surface area contributed by atoms with Crippen LogP contribution < -0.4 is 0 Å². The third kappa shape index (κ3) is 1.59. The van der Waals surface area contributed by atoms with Crippen molar-refractivity contribution >= 4 is 0 Å². The molecule has 0 N–H and O–H groups in total. The molecular weight excluding hydrogens is 160 g/mol. The Hall–Kier alpha value is -1.24. The molecule has 2 aliphatic carbocycles. The summed E-state index contributed by atoms with van der Waals surface area (Å²) in [6.45, 7) is 2.18. The Labute approximate surface area is 79.1 Å². The van der Waals surface area contributed by atoms with Gasteiger partial charge in [0, 0.05) is 5.92 Å². The molecule has 0 radical (unpaired) electrons. The molecule has 1 nitrogen and oxygen atoms in total. The van der Waals surface area contributed by atoms with Gasteiger partial charge < -0.3 is 4.74 Å². The Morgan fingerprint density at radius 3 is 3.00 bits per heavy atom. The van der Waals surface area contributed by atoms with E-state index in [4.69, 9.17) is 4.74 Å². The largest absolute Gasteiger partial charge is 0.497 e. The number of ether oxygens (including phenoxy) is 1. The fraction of sp³-hybridized carbons (Fsp3) is 0.333. The Bertz CT molecular complexity index is 329. The van der Waals surface area contributed by atoms with Crippen LogP contribution in [0.3, 0.4) is 0 Å². The Kier molecular flexibility index (Phi) is 2.09. The summed E-state index contributed by atoms with van der Waals surface area (Å²) < 4.78 is 5.18. The van der Waals surface area contributed by atoms with E-state index in [2.05, 4.69) is 37.3 Å². The van der Waals surface area contributed by atoms with Gasteiger partial charge in [-0.2, -0.15) is 0 Å². The maximum absolute atomic E-state index is 5.18. The van der Waals surface area contributed by atoms with Crippen molar-refractivity contribution in [3.8, 4) is 0 Å². The van der Waals surface area contributed by atoms with Crippen LogP contribution in [0.5, 0.6) is 0 Å². The first-order valence-electron chi connectivity index (χ1n) is 4.61. The summed E-state index contributed by atoms with van der Waals surface area (Å²) in [7, 11) is 1.71. The average Bonchev–Trinajstić information content (AvgIpc) is 2.17. The maximum Gasteiger partial charge on any atom is 0.118 e. The van der Waals surface area contributed by atoms with E-state index >= 15 is 0 Å². The van der Waals surface area contributed by atoms with Crippen LogP contribution in [0.4, 0.5) is 0 Å². The van der Waals surface area contributed by atoms with Gasteiger partial charge in [-0.15, -0.1) is 0 Å². The van der Waals surface area contributed by atoms with Crippen molar-refractivity contribution < 1.29 is 4.74 Å². The van der Waals surface area contributed by atoms with Crippen LogP contribution in [0.2, 0.25) is 0 Å². The number of hydrogen-bond donors (Lipinski definition) is 0. The zero-order chi connectivity index (χ0) is 9.26. The molecule has 0 aromatic heterocycles. The molecular formula is C12H14O. The summed E-state index contributed by atoms with van der Waals surface area (Å²) in [6, 6.07) is 0. The Balaban J connectivity index is 2.29. The van der Waals surface area contributed by atoms with Crippen LogP contribution in [-0.4, -0.2) is 7.11 Å². The molecule has 0 saturated carbocycles. The highest BCUT2D eigenvalue weighted by Crippen LogP contribution is 2.31. The fourth-order valence-electron chi connectivity index (χ4n) is 1.78. The van der Waals surface area contributed by atoms with Gasteiger partial charge in [-0.25, -0.2) is 0 Å². The molecule has 2 rings (SSSR count). The average molecular weight is 174 g/mol. The summed E-state index contributed by atoms with van der Waals surface area (Å²) >= 11 is 0. The summed E-state index contributed by atoms with van der Waals surface area (Å²) in [4.78, 5) is 0. The van der Waals surface area contributed by atoms with E-state index < -0.39 is 0 Å². The number of allylic oxidation sites excluding steroid dienone is 7. The van der Waals surface area contributed by atoms with Crippen LogP contribution >= 0.6 is 0 Å². The summed E-state index contributed by atoms with van der Waals surface area (Å²) in [6.07, 6.45) is 11.9. The number of fused-ring (bicyclic) bond motifs is 1. The molecule has 13 heavy (non-hydrogen) atoms. The normalized spacial score (nSPS) is 25.7. The molecule has 1 unspecified atom stereocenters. The predicted molar refractivity (Wildman–Crippen MR) is 54.2 cm³/mol. The summed E-state index contributed by atoms with van der Waals surface area (Å²) in [5, 5.41) is 0. The summed E-state index contributed by atoms with van der Waals surface area (Å²) in [5.41, 5.74) is 2.82. The van der Waals surface area contributed by atoms with E-state index in [0.29, 0.717) is 5.92 Å².